The molecule has 0 aromatic heterocycles. The molecular weight excluding hydrogens is 164 g/mol. The highest BCUT2D eigenvalue weighted by Crippen LogP contribution is 2.23. The Hall–Kier alpha value is -1.53. The van der Waals surface area contributed by atoms with Crippen LogP contribution in [0.25, 0.3) is 0 Å². The zero-order valence-corrected chi connectivity index (χ0v) is 7.70. The van der Waals surface area contributed by atoms with Gasteiger partial charge < -0.3 is 10.8 Å². The molecule has 0 saturated heterocycles. The van der Waals surface area contributed by atoms with Crippen LogP contribution in [-0.4, -0.2) is 5.11 Å². The van der Waals surface area contributed by atoms with Crippen LogP contribution >= 0.6 is 0 Å². The number of nitrogens with two attached hydrogens (primary N) is 1. The quantitative estimate of drug-likeness (QED) is 0.679. The van der Waals surface area contributed by atoms with Gasteiger partial charge in [-0.15, -0.1) is 0 Å². The number of nitriles is 1. The van der Waals surface area contributed by atoms with Crippen molar-refractivity contribution >= 4 is 0 Å². The van der Waals surface area contributed by atoms with Gasteiger partial charge in [0.15, 0.2) is 0 Å². The molecule has 0 aliphatic carbocycles. The Morgan fingerprint density at radius 3 is 2.62 bits per heavy atom. The summed E-state index contributed by atoms with van der Waals surface area (Å²) in [4.78, 5) is 0. The molecule has 3 nitrogen and oxygen atoms in total. The van der Waals surface area contributed by atoms with Crippen molar-refractivity contribution in [2.75, 3.05) is 0 Å². The first-order valence-corrected chi connectivity index (χ1v) is 3.97. The number of hydrogen-bond donors (Lipinski definition) is 2. The lowest BCUT2D eigenvalue weighted by Gasteiger charge is -2.16. The zero-order chi connectivity index (χ0) is 10.1. The lowest BCUT2D eigenvalue weighted by Crippen LogP contribution is -2.30. The molecule has 13 heavy (non-hydrogen) atoms. The molecule has 0 aliphatic heterocycles. The van der Waals surface area contributed by atoms with Gasteiger partial charge >= 0.3 is 0 Å². The molecule has 3 heteroatoms. The summed E-state index contributed by atoms with van der Waals surface area (Å²) < 4.78 is 0. The second kappa shape index (κ2) is 3.08. The molecular formula is C10H12N2O. The summed E-state index contributed by atoms with van der Waals surface area (Å²) in [5.74, 6) is 0.220. The van der Waals surface area contributed by atoms with E-state index in [1.807, 2.05) is 6.07 Å². The summed E-state index contributed by atoms with van der Waals surface area (Å²) in [6.07, 6.45) is 0. The number of phenols is 1. The number of benzene rings is 1. The van der Waals surface area contributed by atoms with Crippen LogP contribution in [-0.2, 0) is 5.54 Å². The van der Waals surface area contributed by atoms with Crippen molar-refractivity contribution in [2.45, 2.75) is 19.4 Å². The second-order valence-corrected chi connectivity index (χ2v) is 3.32. The SMILES string of the molecule is Cc1cc([C@@](C)(N)C#N)ccc1O. The molecule has 0 saturated carbocycles. The molecule has 0 fully saturated rings. The van der Waals surface area contributed by atoms with Gasteiger partial charge in [0.2, 0.25) is 0 Å². The number of aryl methyl sites for hydroxylation is 1. The third-order valence-electron chi connectivity index (χ3n) is 2.03. The third kappa shape index (κ3) is 1.79. The average Bonchev–Trinajstić information content (AvgIpc) is 2.09. The molecule has 1 rings (SSSR count). The van der Waals surface area contributed by atoms with Gasteiger partial charge in [-0.05, 0) is 37.1 Å². The van der Waals surface area contributed by atoms with Crippen molar-refractivity contribution in [1.29, 1.82) is 5.26 Å². The van der Waals surface area contributed by atoms with E-state index >= 15 is 0 Å². The van der Waals surface area contributed by atoms with Crippen molar-refractivity contribution in [3.8, 4) is 11.8 Å². The summed E-state index contributed by atoms with van der Waals surface area (Å²) in [6, 6.07) is 6.93. The van der Waals surface area contributed by atoms with Crippen LogP contribution < -0.4 is 5.73 Å². The number of nitrogens with zero attached hydrogens (tertiary/aromatic N) is 1. The van der Waals surface area contributed by atoms with E-state index in [1.165, 1.54) is 0 Å². The molecule has 0 unspecified atom stereocenters. The zero-order valence-electron chi connectivity index (χ0n) is 7.70. The van der Waals surface area contributed by atoms with Crippen LogP contribution in [0.1, 0.15) is 18.1 Å². The predicted molar refractivity (Wildman–Crippen MR) is 50.0 cm³/mol. The topological polar surface area (TPSA) is 70.0 Å². The average molecular weight is 176 g/mol. The van der Waals surface area contributed by atoms with Crippen LogP contribution in [0.15, 0.2) is 18.2 Å². The van der Waals surface area contributed by atoms with E-state index in [0.717, 1.165) is 5.56 Å². The first kappa shape index (κ1) is 9.56. The standard InChI is InChI=1S/C10H12N2O/c1-7-5-8(3-4-9(7)13)10(2,12)6-11/h3-5,13H,12H2,1-2H3/t10-/m0/s1. The number of aromatic hydroxyl groups is 1. The van der Waals surface area contributed by atoms with Gasteiger partial charge in [0.05, 0.1) is 6.07 Å². The maximum absolute atomic E-state index is 9.26. The van der Waals surface area contributed by atoms with Crippen LogP contribution in [0.4, 0.5) is 0 Å². The van der Waals surface area contributed by atoms with Crippen LogP contribution in [0, 0.1) is 18.3 Å². The third-order valence-corrected chi connectivity index (χ3v) is 2.03. The molecule has 0 spiro atoms. The summed E-state index contributed by atoms with van der Waals surface area (Å²) >= 11 is 0. The van der Waals surface area contributed by atoms with E-state index in [1.54, 1.807) is 32.0 Å². The monoisotopic (exact) mass is 176 g/mol. The van der Waals surface area contributed by atoms with E-state index in [9.17, 15) is 5.11 Å². The summed E-state index contributed by atoms with van der Waals surface area (Å²) in [5.41, 5.74) is 6.17. The molecule has 0 amide bonds. The Balaban J connectivity index is 3.20. The fourth-order valence-electron chi connectivity index (χ4n) is 1.04. The lowest BCUT2D eigenvalue weighted by molar-refractivity contribution is 0.470. The van der Waals surface area contributed by atoms with E-state index in [2.05, 4.69) is 0 Å². The highest BCUT2D eigenvalue weighted by molar-refractivity contribution is 5.39. The van der Waals surface area contributed by atoms with Gasteiger partial charge in [0, 0.05) is 0 Å². The summed E-state index contributed by atoms with van der Waals surface area (Å²) in [7, 11) is 0. The van der Waals surface area contributed by atoms with Crippen LogP contribution in [0.5, 0.6) is 5.75 Å². The van der Waals surface area contributed by atoms with Crippen molar-refractivity contribution < 1.29 is 5.11 Å². The van der Waals surface area contributed by atoms with E-state index < -0.39 is 5.54 Å². The molecule has 1 atom stereocenters. The van der Waals surface area contributed by atoms with Gasteiger partial charge in [0.25, 0.3) is 0 Å². The van der Waals surface area contributed by atoms with Crippen LogP contribution in [0.3, 0.4) is 0 Å². The maximum Gasteiger partial charge on any atom is 0.126 e. The number of rotatable bonds is 1. The molecule has 1 aromatic carbocycles. The minimum Gasteiger partial charge on any atom is -0.508 e. The highest BCUT2D eigenvalue weighted by Gasteiger charge is 2.20. The minimum atomic E-state index is -0.988. The molecule has 0 heterocycles. The van der Waals surface area contributed by atoms with Crippen molar-refractivity contribution in [1.82, 2.24) is 0 Å². The fourth-order valence-corrected chi connectivity index (χ4v) is 1.04. The first-order valence-electron chi connectivity index (χ1n) is 3.97. The molecule has 3 N–H and O–H groups in total. The molecule has 1 aromatic rings. The van der Waals surface area contributed by atoms with Crippen molar-refractivity contribution in [3.63, 3.8) is 0 Å². The molecule has 68 valence electrons. The van der Waals surface area contributed by atoms with Gasteiger partial charge in [-0.25, -0.2) is 0 Å². The Morgan fingerprint density at radius 2 is 2.15 bits per heavy atom. The van der Waals surface area contributed by atoms with Crippen molar-refractivity contribution in [3.05, 3.63) is 29.3 Å². The molecule has 0 radical (unpaired) electrons. The lowest BCUT2D eigenvalue weighted by atomic mass is 9.93. The minimum absolute atomic E-state index is 0.220. The van der Waals surface area contributed by atoms with Crippen LogP contribution in [0.2, 0.25) is 0 Å². The smallest absolute Gasteiger partial charge is 0.126 e. The maximum atomic E-state index is 9.26. The Labute approximate surface area is 77.4 Å². The largest absolute Gasteiger partial charge is 0.508 e. The van der Waals surface area contributed by atoms with E-state index in [4.69, 9.17) is 11.0 Å². The molecule has 0 bridgehead atoms. The van der Waals surface area contributed by atoms with Gasteiger partial charge in [-0.1, -0.05) is 6.07 Å². The Kier molecular flexibility index (Phi) is 2.26. The predicted octanol–water partition coefficient (Wildman–Crippen LogP) is 1.40. The fraction of sp³-hybridized carbons (Fsp3) is 0.300. The summed E-state index contributed by atoms with van der Waals surface area (Å²) in [5, 5.41) is 18.0. The Morgan fingerprint density at radius 1 is 1.54 bits per heavy atom. The first-order chi connectivity index (χ1) is 5.97. The van der Waals surface area contributed by atoms with Crippen molar-refractivity contribution in [2.24, 2.45) is 5.73 Å². The second-order valence-electron chi connectivity index (χ2n) is 3.32. The number of phenolic OH excluding ortho intramolecular Hbond substituents is 1. The summed E-state index contributed by atoms with van der Waals surface area (Å²) in [6.45, 7) is 3.41. The van der Waals surface area contributed by atoms with E-state index in [-0.39, 0.29) is 5.75 Å². The van der Waals surface area contributed by atoms with Gasteiger partial charge in [-0.2, -0.15) is 5.26 Å². The number of hydrogen-bond acceptors (Lipinski definition) is 3. The normalized spacial score (nSPS) is 14.6. The van der Waals surface area contributed by atoms with Gasteiger partial charge in [0.1, 0.15) is 11.3 Å². The molecule has 0 aliphatic rings. The van der Waals surface area contributed by atoms with Gasteiger partial charge in [-0.3, -0.25) is 0 Å². The Bertz CT molecular complexity index is 364. The van der Waals surface area contributed by atoms with E-state index in [0.29, 0.717) is 5.56 Å². The highest BCUT2D eigenvalue weighted by atomic mass is 16.3.